The molecule has 0 saturated carbocycles. The second-order valence-electron chi connectivity index (χ2n) is 3.96. The first kappa shape index (κ1) is 14.9. The largest absolute Gasteiger partial charge is 0.330 e. The molecule has 2 aromatic rings. The smallest absolute Gasteiger partial charge is 0.187 e. The minimum absolute atomic E-state index is 0.205. The van der Waals surface area contributed by atoms with Crippen LogP contribution in [-0.4, -0.2) is 12.0 Å². The lowest BCUT2D eigenvalue weighted by atomic mass is 10.3. The van der Waals surface area contributed by atoms with Crippen LogP contribution in [0, 0.1) is 0 Å². The maximum absolute atomic E-state index is 6.11. The monoisotopic (exact) mass is 335 g/mol. The zero-order valence-corrected chi connectivity index (χ0v) is 13.4. The van der Waals surface area contributed by atoms with E-state index in [1.807, 2.05) is 19.4 Å². The molecule has 0 amide bonds. The van der Waals surface area contributed by atoms with Crippen LogP contribution in [0.1, 0.15) is 18.7 Å². The normalized spacial score (nSPS) is 12.5. The molecule has 0 fully saturated rings. The van der Waals surface area contributed by atoms with Crippen molar-refractivity contribution < 1.29 is 0 Å². The van der Waals surface area contributed by atoms with Gasteiger partial charge in [0.1, 0.15) is 0 Å². The lowest BCUT2D eigenvalue weighted by molar-refractivity contribution is 0.637. The van der Waals surface area contributed by atoms with Crippen molar-refractivity contribution in [3.05, 3.63) is 38.3 Å². The molecule has 0 bridgehead atoms. The van der Waals surface area contributed by atoms with E-state index in [4.69, 9.17) is 34.8 Å². The second kappa shape index (κ2) is 6.29. The average Bonchev–Trinajstić information content (AvgIpc) is 2.83. The molecule has 0 spiro atoms. The molecule has 0 aliphatic heterocycles. The van der Waals surface area contributed by atoms with Crippen molar-refractivity contribution in [3.8, 4) is 0 Å². The van der Waals surface area contributed by atoms with E-state index in [0.29, 0.717) is 20.8 Å². The number of aromatic nitrogens is 1. The van der Waals surface area contributed by atoms with Crippen LogP contribution in [0.25, 0.3) is 0 Å². The highest BCUT2D eigenvalue weighted by Crippen LogP contribution is 2.34. The number of halogens is 3. The zero-order valence-electron chi connectivity index (χ0n) is 10.3. The van der Waals surface area contributed by atoms with E-state index < -0.39 is 0 Å². The fourth-order valence-corrected chi connectivity index (χ4v) is 2.83. The lowest BCUT2D eigenvalue weighted by Crippen LogP contribution is -2.12. The number of rotatable bonds is 4. The topological polar surface area (TPSA) is 37.0 Å². The third-order valence-corrected chi connectivity index (χ3v) is 4.46. The molecule has 0 radical (unpaired) electrons. The van der Waals surface area contributed by atoms with Crippen LogP contribution in [0.15, 0.2) is 17.5 Å². The van der Waals surface area contributed by atoms with E-state index in [0.717, 1.165) is 10.8 Å². The Morgan fingerprint density at radius 3 is 2.53 bits per heavy atom. The lowest BCUT2D eigenvalue weighted by Gasteiger charge is -2.08. The molecule has 3 nitrogen and oxygen atoms in total. The third kappa shape index (κ3) is 3.52. The van der Waals surface area contributed by atoms with Crippen LogP contribution < -0.4 is 10.6 Å². The summed E-state index contributed by atoms with van der Waals surface area (Å²) in [5.74, 6) is 0. The third-order valence-electron chi connectivity index (χ3n) is 2.65. The van der Waals surface area contributed by atoms with Gasteiger partial charge in [-0.2, -0.15) is 0 Å². The summed E-state index contributed by atoms with van der Waals surface area (Å²) in [6.45, 7) is 2.05. The van der Waals surface area contributed by atoms with Gasteiger partial charge in [-0.15, -0.1) is 11.3 Å². The summed E-state index contributed by atoms with van der Waals surface area (Å²) in [7, 11) is 1.90. The van der Waals surface area contributed by atoms with Crippen molar-refractivity contribution in [1.29, 1.82) is 0 Å². The van der Waals surface area contributed by atoms with Crippen LogP contribution in [0.5, 0.6) is 0 Å². The minimum Gasteiger partial charge on any atom is -0.330 e. The summed E-state index contributed by atoms with van der Waals surface area (Å²) >= 11 is 19.5. The highest BCUT2D eigenvalue weighted by Gasteiger charge is 2.10. The molecule has 0 saturated heterocycles. The molecule has 7 heteroatoms. The maximum Gasteiger partial charge on any atom is 0.187 e. The highest BCUT2D eigenvalue weighted by atomic mass is 35.5. The molecule has 0 aliphatic rings. The molecule has 0 aliphatic carbocycles. The zero-order chi connectivity index (χ0) is 14.0. The quantitative estimate of drug-likeness (QED) is 0.760. The molecular weight excluding hydrogens is 325 g/mol. The Labute approximate surface area is 130 Å². The van der Waals surface area contributed by atoms with Gasteiger partial charge in [-0.25, -0.2) is 4.98 Å². The van der Waals surface area contributed by atoms with Crippen LogP contribution in [0.4, 0.5) is 10.8 Å². The summed E-state index contributed by atoms with van der Waals surface area (Å²) in [4.78, 5) is 4.48. The van der Waals surface area contributed by atoms with Crippen molar-refractivity contribution in [2.24, 2.45) is 0 Å². The van der Waals surface area contributed by atoms with Gasteiger partial charge in [0.15, 0.2) is 5.13 Å². The van der Waals surface area contributed by atoms with Crippen LogP contribution >= 0.6 is 46.1 Å². The Balaban J connectivity index is 2.22. The predicted molar refractivity (Wildman–Crippen MR) is 84.3 cm³/mol. The fraction of sp³-hybridized carbons (Fsp3) is 0.250. The van der Waals surface area contributed by atoms with Gasteiger partial charge < -0.3 is 10.6 Å². The molecule has 19 heavy (non-hydrogen) atoms. The number of anilines is 2. The van der Waals surface area contributed by atoms with E-state index in [1.165, 1.54) is 11.3 Å². The standard InChI is InChI=1S/C12H12Cl3N3S/c1-6(16-2)11-5-19-12(18-11)17-10-4-8(14)7(13)3-9(10)15/h3-6,16H,1-2H3,(H,17,18). The van der Waals surface area contributed by atoms with Crippen molar-refractivity contribution in [1.82, 2.24) is 10.3 Å². The van der Waals surface area contributed by atoms with E-state index in [9.17, 15) is 0 Å². The molecule has 2 N–H and O–H groups in total. The number of hydrogen-bond donors (Lipinski definition) is 2. The molecule has 1 heterocycles. The van der Waals surface area contributed by atoms with Gasteiger partial charge in [0.25, 0.3) is 0 Å². The molecular formula is C12H12Cl3N3S. The van der Waals surface area contributed by atoms with Gasteiger partial charge in [-0.05, 0) is 26.1 Å². The Kier molecular flexibility index (Phi) is 4.92. The Morgan fingerprint density at radius 2 is 1.84 bits per heavy atom. The number of nitrogens with one attached hydrogen (secondary N) is 2. The van der Waals surface area contributed by atoms with Gasteiger partial charge in [-0.3, -0.25) is 0 Å². The van der Waals surface area contributed by atoms with Crippen LogP contribution in [-0.2, 0) is 0 Å². The molecule has 1 atom stereocenters. The second-order valence-corrected chi connectivity index (χ2v) is 6.04. The number of thiazole rings is 1. The molecule has 1 aromatic heterocycles. The van der Waals surface area contributed by atoms with Gasteiger partial charge in [0.05, 0.1) is 26.4 Å². The Hall–Kier alpha value is -0.520. The predicted octanol–water partition coefficient (Wildman–Crippen LogP) is 5.13. The van der Waals surface area contributed by atoms with Gasteiger partial charge in [0.2, 0.25) is 0 Å². The maximum atomic E-state index is 6.11. The number of nitrogens with zero attached hydrogens (tertiary/aromatic N) is 1. The highest BCUT2D eigenvalue weighted by molar-refractivity contribution is 7.13. The fourth-order valence-electron chi connectivity index (χ4n) is 1.42. The van der Waals surface area contributed by atoms with E-state index in [1.54, 1.807) is 12.1 Å². The van der Waals surface area contributed by atoms with E-state index in [2.05, 4.69) is 15.6 Å². The summed E-state index contributed by atoms with van der Waals surface area (Å²) in [6.07, 6.45) is 0. The molecule has 102 valence electrons. The van der Waals surface area contributed by atoms with Gasteiger partial charge >= 0.3 is 0 Å². The van der Waals surface area contributed by atoms with Gasteiger partial charge in [-0.1, -0.05) is 34.8 Å². The molecule has 1 aromatic carbocycles. The number of hydrogen-bond acceptors (Lipinski definition) is 4. The summed E-state index contributed by atoms with van der Waals surface area (Å²) < 4.78 is 0. The number of benzene rings is 1. The van der Waals surface area contributed by atoms with Crippen molar-refractivity contribution in [2.75, 3.05) is 12.4 Å². The first-order valence-electron chi connectivity index (χ1n) is 5.55. The van der Waals surface area contributed by atoms with E-state index in [-0.39, 0.29) is 6.04 Å². The summed E-state index contributed by atoms with van der Waals surface area (Å²) in [5, 5.41) is 10.4. The molecule has 2 rings (SSSR count). The summed E-state index contributed by atoms with van der Waals surface area (Å²) in [6, 6.07) is 3.50. The molecule has 1 unspecified atom stereocenters. The average molecular weight is 337 g/mol. The SMILES string of the molecule is CNC(C)c1csc(Nc2cc(Cl)c(Cl)cc2Cl)n1. The van der Waals surface area contributed by atoms with Crippen molar-refractivity contribution in [2.45, 2.75) is 13.0 Å². The van der Waals surface area contributed by atoms with Gasteiger partial charge in [0, 0.05) is 11.4 Å². The van der Waals surface area contributed by atoms with Crippen LogP contribution in [0.2, 0.25) is 15.1 Å². The Morgan fingerprint density at radius 1 is 1.16 bits per heavy atom. The van der Waals surface area contributed by atoms with Crippen molar-refractivity contribution in [3.63, 3.8) is 0 Å². The van der Waals surface area contributed by atoms with E-state index >= 15 is 0 Å². The first-order valence-corrected chi connectivity index (χ1v) is 7.57. The first-order chi connectivity index (χ1) is 9.01. The minimum atomic E-state index is 0.205. The van der Waals surface area contributed by atoms with Crippen molar-refractivity contribution >= 4 is 57.0 Å². The summed E-state index contributed by atoms with van der Waals surface area (Å²) in [5.41, 5.74) is 1.67. The van der Waals surface area contributed by atoms with Crippen LogP contribution in [0.3, 0.4) is 0 Å². The Bertz CT molecular complexity index is 586.